The molecule has 0 aliphatic heterocycles. The molecule has 0 heterocycles. The first-order valence-corrected chi connectivity index (χ1v) is 10.3. The Kier molecular flexibility index (Phi) is 5.31. The molecule has 0 bridgehead atoms. The smallest absolute Gasteiger partial charge is 0.119 e. The van der Waals surface area contributed by atoms with Crippen molar-refractivity contribution in [2.24, 2.45) is 5.92 Å². The number of hydrogen-bond acceptors (Lipinski definition) is 2. The van der Waals surface area contributed by atoms with Crippen LogP contribution in [-0.2, 0) is 25.7 Å². The van der Waals surface area contributed by atoms with Crippen LogP contribution in [0.15, 0.2) is 42.5 Å². The van der Waals surface area contributed by atoms with Crippen molar-refractivity contribution in [1.29, 1.82) is 0 Å². The Hall–Kier alpha value is -1.80. The predicted molar refractivity (Wildman–Crippen MR) is 108 cm³/mol. The number of aryl methyl sites for hydroxylation is 1. The van der Waals surface area contributed by atoms with E-state index in [4.69, 9.17) is 0 Å². The largest absolute Gasteiger partial charge is 0.508 e. The average molecular weight is 350 g/mol. The summed E-state index contributed by atoms with van der Waals surface area (Å²) in [5.74, 6) is 1.27. The molecule has 2 aromatic rings. The van der Waals surface area contributed by atoms with Gasteiger partial charge in [0.15, 0.2) is 0 Å². The van der Waals surface area contributed by atoms with E-state index in [1.165, 1.54) is 56.3 Å². The standard InChI is InChI=1S/C24H31NO/c1-2-14-25(17-18-10-11-19-6-3-4-7-20(19)15-18)22-12-13-23-21(16-22)8-5-9-24(23)26/h3-9,18,22,26H,2,10-17H2,1H3. The number of phenolic OH excluding ortho intramolecular Hbond substituents is 1. The van der Waals surface area contributed by atoms with E-state index in [1.54, 1.807) is 11.1 Å². The fraction of sp³-hybridized carbons (Fsp3) is 0.500. The van der Waals surface area contributed by atoms with Gasteiger partial charge in [0.1, 0.15) is 5.75 Å². The van der Waals surface area contributed by atoms with Crippen LogP contribution >= 0.6 is 0 Å². The van der Waals surface area contributed by atoms with Crippen LogP contribution in [0.25, 0.3) is 0 Å². The molecule has 4 rings (SSSR count). The van der Waals surface area contributed by atoms with Crippen molar-refractivity contribution in [2.45, 2.75) is 57.9 Å². The highest BCUT2D eigenvalue weighted by atomic mass is 16.3. The van der Waals surface area contributed by atoms with E-state index in [9.17, 15) is 5.11 Å². The molecule has 2 unspecified atom stereocenters. The first kappa shape index (κ1) is 17.6. The van der Waals surface area contributed by atoms with Gasteiger partial charge in [0, 0.05) is 12.6 Å². The van der Waals surface area contributed by atoms with Crippen LogP contribution in [0.2, 0.25) is 0 Å². The maximum atomic E-state index is 10.1. The van der Waals surface area contributed by atoms with Crippen LogP contribution < -0.4 is 0 Å². The third-order valence-electron chi connectivity index (χ3n) is 6.40. The molecule has 0 fully saturated rings. The number of fused-ring (bicyclic) bond motifs is 2. The zero-order valence-electron chi connectivity index (χ0n) is 16.0. The second-order valence-corrected chi connectivity index (χ2v) is 8.18. The van der Waals surface area contributed by atoms with Gasteiger partial charge in [-0.2, -0.15) is 0 Å². The molecule has 2 aromatic carbocycles. The van der Waals surface area contributed by atoms with Crippen molar-refractivity contribution in [3.05, 3.63) is 64.7 Å². The second kappa shape index (κ2) is 7.84. The van der Waals surface area contributed by atoms with E-state index >= 15 is 0 Å². The van der Waals surface area contributed by atoms with Crippen molar-refractivity contribution >= 4 is 0 Å². The molecular weight excluding hydrogens is 318 g/mol. The summed E-state index contributed by atoms with van der Waals surface area (Å²) in [5.41, 5.74) is 5.68. The van der Waals surface area contributed by atoms with Crippen molar-refractivity contribution in [2.75, 3.05) is 13.1 Å². The van der Waals surface area contributed by atoms with E-state index in [0.717, 1.165) is 18.8 Å². The van der Waals surface area contributed by atoms with Crippen LogP contribution in [0.1, 0.15) is 48.4 Å². The van der Waals surface area contributed by atoms with Crippen LogP contribution in [0.3, 0.4) is 0 Å². The predicted octanol–water partition coefficient (Wildman–Crippen LogP) is 4.77. The number of nitrogens with zero attached hydrogens (tertiary/aromatic N) is 1. The third kappa shape index (κ3) is 3.66. The Morgan fingerprint density at radius 2 is 1.73 bits per heavy atom. The molecule has 0 radical (unpaired) electrons. The van der Waals surface area contributed by atoms with Crippen molar-refractivity contribution in [3.8, 4) is 5.75 Å². The molecule has 2 aliphatic carbocycles. The fourth-order valence-corrected chi connectivity index (χ4v) is 5.05. The van der Waals surface area contributed by atoms with Gasteiger partial charge in [-0.3, -0.25) is 4.90 Å². The van der Waals surface area contributed by atoms with Gasteiger partial charge < -0.3 is 5.11 Å². The summed E-state index contributed by atoms with van der Waals surface area (Å²) in [6.07, 6.45) is 8.29. The molecule has 1 N–H and O–H groups in total. The lowest BCUT2D eigenvalue weighted by molar-refractivity contribution is 0.146. The normalized spacial score (nSPS) is 22.1. The average Bonchev–Trinajstić information content (AvgIpc) is 2.67. The van der Waals surface area contributed by atoms with Gasteiger partial charge >= 0.3 is 0 Å². The lowest BCUT2D eigenvalue weighted by Crippen LogP contribution is -2.43. The van der Waals surface area contributed by atoms with Crippen molar-refractivity contribution in [1.82, 2.24) is 4.90 Å². The van der Waals surface area contributed by atoms with Crippen LogP contribution in [0, 0.1) is 5.92 Å². The first-order valence-electron chi connectivity index (χ1n) is 10.3. The van der Waals surface area contributed by atoms with Gasteiger partial charge in [-0.25, -0.2) is 0 Å². The van der Waals surface area contributed by atoms with E-state index in [1.807, 2.05) is 12.1 Å². The number of phenols is 1. The van der Waals surface area contributed by atoms with Gasteiger partial charge in [0.2, 0.25) is 0 Å². The maximum absolute atomic E-state index is 10.1. The Labute approximate surface area is 157 Å². The molecule has 0 saturated carbocycles. The minimum absolute atomic E-state index is 0.492. The molecule has 2 nitrogen and oxygen atoms in total. The van der Waals surface area contributed by atoms with Crippen molar-refractivity contribution in [3.63, 3.8) is 0 Å². The molecule has 2 aliphatic rings. The van der Waals surface area contributed by atoms with E-state index < -0.39 is 0 Å². The van der Waals surface area contributed by atoms with E-state index in [-0.39, 0.29) is 0 Å². The third-order valence-corrected chi connectivity index (χ3v) is 6.40. The van der Waals surface area contributed by atoms with E-state index in [2.05, 4.69) is 42.2 Å². The Bertz CT molecular complexity index is 754. The molecule has 0 saturated heterocycles. The molecule has 138 valence electrons. The Morgan fingerprint density at radius 3 is 2.58 bits per heavy atom. The highest BCUT2D eigenvalue weighted by molar-refractivity contribution is 5.41. The number of hydrogen-bond donors (Lipinski definition) is 1. The molecule has 26 heavy (non-hydrogen) atoms. The summed E-state index contributed by atoms with van der Waals surface area (Å²) in [7, 11) is 0. The fourth-order valence-electron chi connectivity index (χ4n) is 5.05. The Morgan fingerprint density at radius 1 is 0.923 bits per heavy atom. The summed E-state index contributed by atoms with van der Waals surface area (Å²) < 4.78 is 0. The molecule has 0 spiro atoms. The summed E-state index contributed by atoms with van der Waals surface area (Å²) >= 11 is 0. The van der Waals surface area contributed by atoms with Gasteiger partial charge in [0.05, 0.1) is 0 Å². The first-order chi connectivity index (χ1) is 12.7. The van der Waals surface area contributed by atoms with Crippen LogP contribution in [-0.4, -0.2) is 29.1 Å². The Balaban J connectivity index is 1.45. The zero-order chi connectivity index (χ0) is 17.9. The number of aromatic hydroxyl groups is 1. The van der Waals surface area contributed by atoms with E-state index in [0.29, 0.717) is 11.8 Å². The molecule has 0 amide bonds. The van der Waals surface area contributed by atoms with Crippen LogP contribution in [0.5, 0.6) is 5.75 Å². The summed E-state index contributed by atoms with van der Waals surface area (Å²) in [6.45, 7) is 4.71. The number of benzene rings is 2. The zero-order valence-corrected chi connectivity index (χ0v) is 16.0. The van der Waals surface area contributed by atoms with Gasteiger partial charge in [0.25, 0.3) is 0 Å². The lowest BCUT2D eigenvalue weighted by Gasteiger charge is -2.38. The molecule has 2 atom stereocenters. The monoisotopic (exact) mass is 349 g/mol. The highest BCUT2D eigenvalue weighted by Gasteiger charge is 2.28. The SMILES string of the molecule is CCCN(CC1CCc2ccccc2C1)C1CCc2c(O)cccc2C1. The van der Waals surface area contributed by atoms with Gasteiger partial charge in [-0.1, -0.05) is 43.3 Å². The van der Waals surface area contributed by atoms with Crippen molar-refractivity contribution < 1.29 is 5.11 Å². The quantitative estimate of drug-likeness (QED) is 0.841. The number of rotatable bonds is 5. The van der Waals surface area contributed by atoms with Crippen LogP contribution in [0.4, 0.5) is 0 Å². The minimum atomic E-state index is 0.492. The summed E-state index contributed by atoms with van der Waals surface area (Å²) in [4.78, 5) is 2.76. The molecular formula is C24H31NO. The lowest BCUT2D eigenvalue weighted by atomic mass is 9.82. The topological polar surface area (TPSA) is 23.5 Å². The highest BCUT2D eigenvalue weighted by Crippen LogP contribution is 2.32. The summed E-state index contributed by atoms with van der Waals surface area (Å²) in [5, 5.41) is 10.1. The summed E-state index contributed by atoms with van der Waals surface area (Å²) in [6, 6.07) is 15.7. The van der Waals surface area contributed by atoms with Gasteiger partial charge in [-0.05, 0) is 85.7 Å². The maximum Gasteiger partial charge on any atom is 0.119 e. The van der Waals surface area contributed by atoms with Gasteiger partial charge in [-0.15, -0.1) is 0 Å². The second-order valence-electron chi connectivity index (χ2n) is 8.18. The molecule has 0 aromatic heterocycles. The molecule has 2 heteroatoms. The minimum Gasteiger partial charge on any atom is -0.508 e.